The van der Waals surface area contributed by atoms with E-state index in [0.717, 1.165) is 12.8 Å². The van der Waals surface area contributed by atoms with E-state index in [9.17, 15) is 9.59 Å². The molecule has 1 aromatic rings. The molecule has 0 bridgehead atoms. The van der Waals surface area contributed by atoms with Crippen LogP contribution in [-0.4, -0.2) is 15.8 Å². The van der Waals surface area contributed by atoms with Gasteiger partial charge in [-0.05, 0) is 12.5 Å². The number of carbonyl (C=O) groups is 1. The number of pyridine rings is 1. The predicted molar refractivity (Wildman–Crippen MR) is 54.3 cm³/mol. The largest absolute Gasteiger partial charge is 0.511 e. The number of rotatable bonds is 4. The van der Waals surface area contributed by atoms with Crippen LogP contribution in [0.3, 0.4) is 0 Å². The molecule has 1 rings (SSSR count). The van der Waals surface area contributed by atoms with Gasteiger partial charge < -0.3 is 14.4 Å². The molecule has 0 aliphatic heterocycles. The molecular formula is C10H13NO4. The predicted octanol–water partition coefficient (Wildman–Crippen LogP) is 1.71. The number of hydrogen-bond acceptors (Lipinski definition) is 3. The maximum Gasteiger partial charge on any atom is 0.511 e. The van der Waals surface area contributed by atoms with E-state index in [1.165, 1.54) is 22.9 Å². The summed E-state index contributed by atoms with van der Waals surface area (Å²) in [6, 6.07) is 2.63. The SMILES string of the molecule is CCCCn1ccc(OC(=O)O)cc1=O. The molecular weight excluding hydrogens is 198 g/mol. The fourth-order valence-electron chi connectivity index (χ4n) is 1.17. The van der Waals surface area contributed by atoms with E-state index in [0.29, 0.717) is 6.54 Å². The van der Waals surface area contributed by atoms with Crippen molar-refractivity contribution < 1.29 is 14.6 Å². The minimum Gasteiger partial charge on any atom is -0.449 e. The molecule has 0 fully saturated rings. The number of aromatic nitrogens is 1. The normalized spacial score (nSPS) is 9.93. The summed E-state index contributed by atoms with van der Waals surface area (Å²) in [6.07, 6.45) is 2.04. The molecule has 1 N–H and O–H groups in total. The van der Waals surface area contributed by atoms with E-state index in [2.05, 4.69) is 4.74 Å². The molecule has 1 aromatic heterocycles. The molecule has 0 aliphatic carbocycles. The van der Waals surface area contributed by atoms with Crippen LogP contribution >= 0.6 is 0 Å². The van der Waals surface area contributed by atoms with Gasteiger partial charge in [0.2, 0.25) is 0 Å². The van der Waals surface area contributed by atoms with E-state index in [4.69, 9.17) is 5.11 Å². The molecule has 0 aliphatic rings. The van der Waals surface area contributed by atoms with Crippen molar-refractivity contribution in [2.45, 2.75) is 26.3 Å². The third-order valence-corrected chi connectivity index (χ3v) is 1.93. The fraction of sp³-hybridized carbons (Fsp3) is 0.400. The highest BCUT2D eigenvalue weighted by Crippen LogP contribution is 2.06. The van der Waals surface area contributed by atoms with Gasteiger partial charge in [-0.3, -0.25) is 4.79 Å². The first-order valence-corrected chi connectivity index (χ1v) is 4.74. The Morgan fingerprint density at radius 2 is 2.33 bits per heavy atom. The van der Waals surface area contributed by atoms with Crippen molar-refractivity contribution in [2.24, 2.45) is 0 Å². The molecule has 1 heterocycles. The Morgan fingerprint density at radius 1 is 1.60 bits per heavy atom. The van der Waals surface area contributed by atoms with E-state index >= 15 is 0 Å². The van der Waals surface area contributed by atoms with Crippen LogP contribution in [0.25, 0.3) is 0 Å². The lowest BCUT2D eigenvalue weighted by molar-refractivity contribution is 0.144. The summed E-state index contributed by atoms with van der Waals surface area (Å²) in [6.45, 7) is 2.68. The van der Waals surface area contributed by atoms with Gasteiger partial charge in [-0.2, -0.15) is 0 Å². The lowest BCUT2D eigenvalue weighted by atomic mass is 10.3. The van der Waals surface area contributed by atoms with Gasteiger partial charge in [0.15, 0.2) is 0 Å². The van der Waals surface area contributed by atoms with E-state index in [1.807, 2.05) is 6.92 Å². The summed E-state index contributed by atoms with van der Waals surface area (Å²) in [5.74, 6) is 0.0558. The number of ether oxygens (including phenoxy) is 1. The summed E-state index contributed by atoms with van der Waals surface area (Å²) in [5, 5.41) is 8.34. The number of unbranched alkanes of at least 4 members (excludes halogenated alkanes) is 1. The van der Waals surface area contributed by atoms with Crippen LogP contribution < -0.4 is 10.3 Å². The number of aryl methyl sites for hydroxylation is 1. The average molecular weight is 211 g/mol. The van der Waals surface area contributed by atoms with Crippen LogP contribution in [-0.2, 0) is 6.54 Å². The van der Waals surface area contributed by atoms with Gasteiger partial charge >= 0.3 is 6.16 Å². The Bertz CT molecular complexity index is 397. The quantitative estimate of drug-likeness (QED) is 0.769. The van der Waals surface area contributed by atoms with Crippen molar-refractivity contribution in [1.29, 1.82) is 0 Å². The molecule has 5 heteroatoms. The van der Waals surface area contributed by atoms with Crippen LogP contribution in [0.1, 0.15) is 19.8 Å². The maximum absolute atomic E-state index is 11.4. The highest BCUT2D eigenvalue weighted by molar-refractivity contribution is 5.60. The Labute approximate surface area is 86.9 Å². The van der Waals surface area contributed by atoms with Gasteiger partial charge in [0.1, 0.15) is 5.75 Å². The highest BCUT2D eigenvalue weighted by Gasteiger charge is 2.02. The second kappa shape index (κ2) is 5.19. The van der Waals surface area contributed by atoms with Gasteiger partial charge in [0, 0.05) is 18.8 Å². The van der Waals surface area contributed by atoms with Crippen LogP contribution in [0, 0.1) is 0 Å². The van der Waals surface area contributed by atoms with Crippen LogP contribution in [0.2, 0.25) is 0 Å². The molecule has 82 valence electrons. The molecule has 0 radical (unpaired) electrons. The molecule has 0 unspecified atom stereocenters. The average Bonchev–Trinajstić information content (AvgIpc) is 2.15. The molecule has 0 saturated heterocycles. The van der Waals surface area contributed by atoms with Crippen LogP contribution in [0.5, 0.6) is 5.75 Å². The Kier molecular flexibility index (Phi) is 3.91. The molecule has 0 amide bonds. The van der Waals surface area contributed by atoms with E-state index in [-0.39, 0.29) is 11.3 Å². The van der Waals surface area contributed by atoms with Gasteiger partial charge in [0.25, 0.3) is 5.56 Å². The number of carboxylic acid groups (broad SMARTS) is 1. The van der Waals surface area contributed by atoms with E-state index in [1.54, 1.807) is 0 Å². The molecule has 0 aromatic carbocycles. The summed E-state index contributed by atoms with van der Waals surface area (Å²) < 4.78 is 5.88. The van der Waals surface area contributed by atoms with Crippen molar-refractivity contribution in [3.8, 4) is 5.75 Å². The summed E-state index contributed by atoms with van der Waals surface area (Å²) in [4.78, 5) is 21.6. The zero-order valence-corrected chi connectivity index (χ0v) is 8.47. The summed E-state index contributed by atoms with van der Waals surface area (Å²) in [5.41, 5.74) is -0.248. The summed E-state index contributed by atoms with van der Waals surface area (Å²) >= 11 is 0. The van der Waals surface area contributed by atoms with Crippen LogP contribution in [0.15, 0.2) is 23.1 Å². The van der Waals surface area contributed by atoms with Gasteiger partial charge in [-0.1, -0.05) is 13.3 Å². The van der Waals surface area contributed by atoms with Crippen molar-refractivity contribution in [3.63, 3.8) is 0 Å². The minimum atomic E-state index is -1.42. The second-order valence-corrected chi connectivity index (χ2v) is 3.12. The number of nitrogens with zero attached hydrogens (tertiary/aromatic N) is 1. The Balaban J connectivity index is 2.79. The van der Waals surface area contributed by atoms with Crippen molar-refractivity contribution in [1.82, 2.24) is 4.57 Å². The monoisotopic (exact) mass is 211 g/mol. The molecule has 0 spiro atoms. The second-order valence-electron chi connectivity index (χ2n) is 3.12. The first-order valence-electron chi connectivity index (χ1n) is 4.74. The molecule has 15 heavy (non-hydrogen) atoms. The third kappa shape index (κ3) is 3.46. The maximum atomic E-state index is 11.4. The smallest absolute Gasteiger partial charge is 0.449 e. The van der Waals surface area contributed by atoms with Crippen molar-refractivity contribution in [2.75, 3.05) is 0 Å². The lowest BCUT2D eigenvalue weighted by Gasteiger charge is -2.05. The Hall–Kier alpha value is -1.78. The zero-order valence-electron chi connectivity index (χ0n) is 8.47. The molecule has 0 saturated carbocycles. The first-order chi connectivity index (χ1) is 7.13. The van der Waals surface area contributed by atoms with Gasteiger partial charge in [-0.15, -0.1) is 0 Å². The molecule has 5 nitrogen and oxygen atoms in total. The highest BCUT2D eigenvalue weighted by atomic mass is 16.7. The third-order valence-electron chi connectivity index (χ3n) is 1.93. The zero-order chi connectivity index (χ0) is 11.3. The first kappa shape index (κ1) is 11.3. The minimum absolute atomic E-state index is 0.0558. The lowest BCUT2D eigenvalue weighted by Crippen LogP contribution is -2.19. The topological polar surface area (TPSA) is 68.5 Å². The summed E-state index contributed by atoms with van der Waals surface area (Å²) in [7, 11) is 0. The molecule has 0 atom stereocenters. The fourth-order valence-corrected chi connectivity index (χ4v) is 1.17. The van der Waals surface area contributed by atoms with Crippen molar-refractivity contribution in [3.05, 3.63) is 28.7 Å². The Morgan fingerprint density at radius 3 is 2.87 bits per heavy atom. The van der Waals surface area contributed by atoms with Crippen molar-refractivity contribution >= 4 is 6.16 Å². The number of hydrogen-bond donors (Lipinski definition) is 1. The van der Waals surface area contributed by atoms with Gasteiger partial charge in [0.05, 0.1) is 0 Å². The standard InChI is InChI=1S/C10H13NO4/c1-2-3-5-11-6-4-8(7-9(11)12)15-10(13)14/h4,6-7H,2-3,5H2,1H3,(H,13,14). The van der Waals surface area contributed by atoms with E-state index < -0.39 is 6.16 Å². The van der Waals surface area contributed by atoms with Crippen LogP contribution in [0.4, 0.5) is 4.79 Å². The van der Waals surface area contributed by atoms with Gasteiger partial charge in [-0.25, -0.2) is 4.79 Å².